The van der Waals surface area contributed by atoms with Crippen LogP contribution in [0, 0.1) is 13.8 Å². The van der Waals surface area contributed by atoms with E-state index in [1.54, 1.807) is 13.8 Å². The van der Waals surface area contributed by atoms with Crippen LogP contribution in [0.2, 0.25) is 0 Å². The number of sulfonamides is 1. The maximum absolute atomic E-state index is 12.7. The summed E-state index contributed by atoms with van der Waals surface area (Å²) in [6.07, 6.45) is -3.92. The lowest BCUT2D eigenvalue weighted by atomic mass is 10.0. The van der Waals surface area contributed by atoms with Crippen LogP contribution in [0.25, 0.3) is 0 Å². The zero-order chi connectivity index (χ0) is 18.1. The van der Waals surface area contributed by atoms with Crippen molar-refractivity contribution in [3.8, 4) is 0 Å². The minimum Gasteiger partial charge on any atom is -0.378 e. The minimum atomic E-state index is -4.39. The smallest absolute Gasteiger partial charge is 0.378 e. The third-order valence-corrected chi connectivity index (χ3v) is 6.07. The lowest BCUT2D eigenvalue weighted by molar-refractivity contribution is -0.143. The van der Waals surface area contributed by atoms with Gasteiger partial charge in [0.05, 0.1) is 30.7 Å². The lowest BCUT2D eigenvalue weighted by Gasteiger charge is -2.35. The Bertz CT molecular complexity index is 685. The van der Waals surface area contributed by atoms with E-state index in [2.05, 4.69) is 5.10 Å². The number of aryl methyl sites for hydroxylation is 1. The summed E-state index contributed by atoms with van der Waals surface area (Å²) in [7, 11) is -3.50. The van der Waals surface area contributed by atoms with Crippen molar-refractivity contribution in [3.05, 3.63) is 17.0 Å². The maximum Gasteiger partial charge on any atom is 0.408 e. The number of alkyl halides is 3. The summed E-state index contributed by atoms with van der Waals surface area (Å²) < 4.78 is 70.6. The quantitative estimate of drug-likeness (QED) is 0.798. The number of nitrogens with zero attached hydrogens (tertiary/aromatic N) is 3. The van der Waals surface area contributed by atoms with E-state index in [-0.39, 0.29) is 25.5 Å². The summed E-state index contributed by atoms with van der Waals surface area (Å²) in [6, 6.07) is -0.641. The molecule has 1 aliphatic heterocycles. The molecular weight excluding hydrogens is 347 g/mol. The second kappa shape index (κ2) is 7.01. The second-order valence-corrected chi connectivity index (χ2v) is 7.92. The van der Waals surface area contributed by atoms with Crippen molar-refractivity contribution in [3.63, 3.8) is 0 Å². The molecule has 0 bridgehead atoms. The SMILES string of the molecule is CCCS(=O)(=O)N1CCOCC1c1c(C)nn(CC(F)(F)F)c1C. The molecule has 10 heteroatoms. The molecule has 0 radical (unpaired) electrons. The van der Waals surface area contributed by atoms with Crippen LogP contribution in [0.4, 0.5) is 13.2 Å². The highest BCUT2D eigenvalue weighted by molar-refractivity contribution is 7.89. The van der Waals surface area contributed by atoms with Crippen LogP contribution >= 0.6 is 0 Å². The molecule has 1 saturated heterocycles. The van der Waals surface area contributed by atoms with Gasteiger partial charge in [-0.05, 0) is 20.3 Å². The van der Waals surface area contributed by atoms with Gasteiger partial charge < -0.3 is 4.74 Å². The molecule has 2 heterocycles. The summed E-state index contributed by atoms with van der Waals surface area (Å²) in [5, 5.41) is 3.95. The van der Waals surface area contributed by atoms with E-state index in [9.17, 15) is 21.6 Å². The van der Waals surface area contributed by atoms with Gasteiger partial charge in [0.25, 0.3) is 0 Å². The van der Waals surface area contributed by atoms with Gasteiger partial charge in [0.2, 0.25) is 10.0 Å². The van der Waals surface area contributed by atoms with Gasteiger partial charge in [-0.3, -0.25) is 4.68 Å². The predicted octanol–water partition coefficient (Wildman–Crippen LogP) is 2.18. The predicted molar refractivity (Wildman–Crippen MR) is 82.1 cm³/mol. The monoisotopic (exact) mass is 369 g/mol. The molecule has 0 aromatic carbocycles. The fourth-order valence-electron chi connectivity index (χ4n) is 3.04. The van der Waals surface area contributed by atoms with E-state index in [1.165, 1.54) is 11.2 Å². The van der Waals surface area contributed by atoms with Gasteiger partial charge in [-0.25, -0.2) is 8.42 Å². The highest BCUT2D eigenvalue weighted by atomic mass is 32.2. The molecule has 1 aromatic heterocycles. The fraction of sp³-hybridized carbons (Fsp3) is 0.786. The zero-order valence-electron chi connectivity index (χ0n) is 13.9. The van der Waals surface area contributed by atoms with E-state index >= 15 is 0 Å². The topological polar surface area (TPSA) is 64.4 Å². The molecule has 1 aliphatic rings. The Morgan fingerprint density at radius 2 is 2.00 bits per heavy atom. The maximum atomic E-state index is 12.7. The average Bonchev–Trinajstić information content (AvgIpc) is 2.71. The number of aromatic nitrogens is 2. The molecule has 24 heavy (non-hydrogen) atoms. The van der Waals surface area contributed by atoms with Gasteiger partial charge in [0.15, 0.2) is 0 Å². The van der Waals surface area contributed by atoms with Crippen LogP contribution < -0.4 is 0 Å². The Morgan fingerprint density at radius 1 is 1.33 bits per heavy atom. The molecule has 1 unspecified atom stereocenters. The van der Waals surface area contributed by atoms with Gasteiger partial charge in [-0.1, -0.05) is 6.92 Å². The highest BCUT2D eigenvalue weighted by Gasteiger charge is 2.37. The second-order valence-electron chi connectivity index (χ2n) is 5.87. The summed E-state index contributed by atoms with van der Waals surface area (Å²) in [5.41, 5.74) is 1.21. The first kappa shape index (κ1) is 19.2. The Morgan fingerprint density at radius 3 is 2.58 bits per heavy atom. The van der Waals surface area contributed by atoms with Crippen LogP contribution in [0.5, 0.6) is 0 Å². The highest BCUT2D eigenvalue weighted by Crippen LogP contribution is 2.32. The van der Waals surface area contributed by atoms with Crippen molar-refractivity contribution in [2.75, 3.05) is 25.5 Å². The Hall–Kier alpha value is -1.13. The Kier molecular flexibility index (Phi) is 5.61. The number of hydrogen-bond donors (Lipinski definition) is 0. The summed E-state index contributed by atoms with van der Waals surface area (Å²) in [5.74, 6) is -0.00170. The van der Waals surface area contributed by atoms with Gasteiger partial charge in [-0.15, -0.1) is 0 Å². The van der Waals surface area contributed by atoms with Crippen LogP contribution in [-0.4, -0.2) is 54.2 Å². The molecule has 1 atom stereocenters. The average molecular weight is 369 g/mol. The molecule has 6 nitrogen and oxygen atoms in total. The van der Waals surface area contributed by atoms with Gasteiger partial charge in [-0.2, -0.15) is 22.6 Å². The number of hydrogen-bond acceptors (Lipinski definition) is 4. The van der Waals surface area contributed by atoms with Crippen LogP contribution in [-0.2, 0) is 21.3 Å². The van der Waals surface area contributed by atoms with Crippen molar-refractivity contribution in [1.29, 1.82) is 0 Å². The summed E-state index contributed by atoms with van der Waals surface area (Å²) >= 11 is 0. The number of rotatable bonds is 5. The standard InChI is InChI=1S/C14H22F3N3O3S/c1-4-7-24(21,22)20-5-6-23-8-12(20)13-10(2)18-19(11(13)3)9-14(15,16)17/h12H,4-9H2,1-3H3. The van der Waals surface area contributed by atoms with Crippen LogP contribution in [0.3, 0.4) is 0 Å². The van der Waals surface area contributed by atoms with E-state index in [1.807, 2.05) is 0 Å². The summed E-state index contributed by atoms with van der Waals surface area (Å²) in [6.45, 7) is 4.27. The number of morpholine rings is 1. The molecule has 0 aliphatic carbocycles. The van der Waals surface area contributed by atoms with E-state index in [0.29, 0.717) is 23.4 Å². The van der Waals surface area contributed by atoms with Crippen LogP contribution in [0.1, 0.15) is 36.3 Å². The largest absolute Gasteiger partial charge is 0.408 e. The molecule has 0 N–H and O–H groups in total. The number of ether oxygens (including phenoxy) is 1. The van der Waals surface area contributed by atoms with Crippen molar-refractivity contribution in [1.82, 2.24) is 14.1 Å². The van der Waals surface area contributed by atoms with Gasteiger partial charge in [0.1, 0.15) is 6.54 Å². The Labute approximate surface area is 139 Å². The molecule has 1 aromatic rings. The third-order valence-electron chi connectivity index (χ3n) is 4.00. The van der Waals surface area contributed by atoms with E-state index < -0.39 is 28.8 Å². The first-order valence-corrected chi connectivity index (χ1v) is 9.35. The molecule has 138 valence electrons. The third kappa shape index (κ3) is 4.09. The molecule has 0 spiro atoms. The first-order chi connectivity index (χ1) is 11.1. The molecule has 0 amide bonds. The summed E-state index contributed by atoms with van der Waals surface area (Å²) in [4.78, 5) is 0. The lowest BCUT2D eigenvalue weighted by Crippen LogP contribution is -2.44. The minimum absolute atomic E-state index is 0.00170. The van der Waals surface area contributed by atoms with Gasteiger partial charge in [0, 0.05) is 17.8 Å². The van der Waals surface area contributed by atoms with E-state index in [4.69, 9.17) is 4.74 Å². The van der Waals surface area contributed by atoms with Gasteiger partial charge >= 0.3 is 6.18 Å². The molecular formula is C14H22F3N3O3S. The van der Waals surface area contributed by atoms with Crippen LogP contribution in [0.15, 0.2) is 0 Å². The normalized spacial score (nSPS) is 20.5. The fourth-order valence-corrected chi connectivity index (χ4v) is 4.70. The zero-order valence-corrected chi connectivity index (χ0v) is 14.7. The Balaban J connectivity index is 2.41. The van der Waals surface area contributed by atoms with Crippen molar-refractivity contribution < 1.29 is 26.3 Å². The van der Waals surface area contributed by atoms with E-state index in [0.717, 1.165) is 4.68 Å². The molecule has 1 fully saturated rings. The van der Waals surface area contributed by atoms with Crippen molar-refractivity contribution in [2.24, 2.45) is 0 Å². The number of halogens is 3. The molecule has 0 saturated carbocycles. The van der Waals surface area contributed by atoms with Crippen molar-refractivity contribution >= 4 is 10.0 Å². The molecule has 2 rings (SSSR count). The van der Waals surface area contributed by atoms with Crippen molar-refractivity contribution in [2.45, 2.75) is 46.0 Å². The first-order valence-electron chi connectivity index (χ1n) is 7.74.